The second kappa shape index (κ2) is 6.90. The molecule has 1 aromatic heterocycles. The van der Waals surface area contributed by atoms with Gasteiger partial charge in [-0.05, 0) is 38.0 Å². The van der Waals surface area contributed by atoms with E-state index in [0.717, 1.165) is 17.8 Å². The Balaban J connectivity index is 1.69. The molecule has 0 spiro atoms. The van der Waals surface area contributed by atoms with Gasteiger partial charge >= 0.3 is 0 Å². The zero-order chi connectivity index (χ0) is 17.2. The SMILES string of the molecule is C[C@H](N[C@@H](C)Cn1cncn1)c1cccc(N2CCCS2(=O)=O)c1. The highest BCUT2D eigenvalue weighted by Crippen LogP contribution is 2.26. The van der Waals surface area contributed by atoms with Crippen LogP contribution in [0.4, 0.5) is 5.69 Å². The van der Waals surface area contributed by atoms with Crippen molar-refractivity contribution in [2.45, 2.75) is 38.9 Å². The molecule has 0 amide bonds. The molecule has 1 aromatic carbocycles. The molecule has 24 heavy (non-hydrogen) atoms. The van der Waals surface area contributed by atoms with E-state index in [-0.39, 0.29) is 17.8 Å². The first kappa shape index (κ1) is 16.9. The van der Waals surface area contributed by atoms with E-state index in [1.54, 1.807) is 11.0 Å². The third kappa shape index (κ3) is 3.76. The maximum absolute atomic E-state index is 12.1. The number of nitrogens with zero attached hydrogens (tertiary/aromatic N) is 4. The fourth-order valence-corrected chi connectivity index (χ4v) is 4.62. The molecule has 130 valence electrons. The molecule has 7 nitrogen and oxygen atoms in total. The highest BCUT2D eigenvalue weighted by molar-refractivity contribution is 7.93. The van der Waals surface area contributed by atoms with Crippen molar-refractivity contribution in [3.63, 3.8) is 0 Å². The summed E-state index contributed by atoms with van der Waals surface area (Å²) in [6, 6.07) is 8.07. The van der Waals surface area contributed by atoms with Crippen LogP contribution in [-0.4, -0.2) is 41.5 Å². The normalized spacial score (nSPS) is 19.3. The van der Waals surface area contributed by atoms with Crippen molar-refractivity contribution in [2.75, 3.05) is 16.6 Å². The maximum Gasteiger partial charge on any atom is 0.235 e. The van der Waals surface area contributed by atoms with Gasteiger partial charge in [-0.2, -0.15) is 5.10 Å². The van der Waals surface area contributed by atoms with Crippen LogP contribution in [0, 0.1) is 0 Å². The summed E-state index contributed by atoms with van der Waals surface area (Å²) in [7, 11) is -3.15. The van der Waals surface area contributed by atoms with E-state index >= 15 is 0 Å². The summed E-state index contributed by atoms with van der Waals surface area (Å²) in [6.07, 6.45) is 3.91. The van der Waals surface area contributed by atoms with Gasteiger partial charge in [-0.1, -0.05) is 12.1 Å². The average molecular weight is 349 g/mol. The second-order valence-corrected chi connectivity index (χ2v) is 8.26. The number of nitrogens with one attached hydrogen (secondary N) is 1. The van der Waals surface area contributed by atoms with Crippen LogP contribution in [0.15, 0.2) is 36.9 Å². The van der Waals surface area contributed by atoms with Gasteiger partial charge < -0.3 is 5.32 Å². The lowest BCUT2D eigenvalue weighted by Crippen LogP contribution is -2.33. The van der Waals surface area contributed by atoms with Crippen molar-refractivity contribution in [3.8, 4) is 0 Å². The number of hydrogen-bond donors (Lipinski definition) is 1. The first-order chi connectivity index (χ1) is 11.5. The monoisotopic (exact) mass is 349 g/mol. The summed E-state index contributed by atoms with van der Waals surface area (Å²) >= 11 is 0. The van der Waals surface area contributed by atoms with Crippen LogP contribution in [-0.2, 0) is 16.6 Å². The molecule has 3 rings (SSSR count). The van der Waals surface area contributed by atoms with Crippen molar-refractivity contribution >= 4 is 15.7 Å². The molecule has 1 aliphatic rings. The topological polar surface area (TPSA) is 80.1 Å². The fraction of sp³-hybridized carbons (Fsp3) is 0.500. The molecule has 0 saturated carbocycles. The average Bonchev–Trinajstić information content (AvgIpc) is 3.16. The Hall–Kier alpha value is -1.93. The first-order valence-electron chi connectivity index (χ1n) is 8.14. The molecule has 0 unspecified atom stereocenters. The van der Waals surface area contributed by atoms with Crippen molar-refractivity contribution in [1.29, 1.82) is 0 Å². The van der Waals surface area contributed by atoms with Gasteiger partial charge in [0.1, 0.15) is 12.7 Å². The smallest absolute Gasteiger partial charge is 0.235 e. The summed E-state index contributed by atoms with van der Waals surface area (Å²) < 4.78 is 27.5. The molecule has 1 fully saturated rings. The largest absolute Gasteiger partial charge is 0.306 e. The van der Waals surface area contributed by atoms with Crippen molar-refractivity contribution in [2.24, 2.45) is 0 Å². The van der Waals surface area contributed by atoms with E-state index in [4.69, 9.17) is 0 Å². The predicted molar refractivity (Wildman–Crippen MR) is 93.2 cm³/mol. The summed E-state index contributed by atoms with van der Waals surface area (Å²) in [5, 5.41) is 7.63. The summed E-state index contributed by atoms with van der Waals surface area (Å²) in [5.41, 5.74) is 1.82. The van der Waals surface area contributed by atoms with Gasteiger partial charge in [0.15, 0.2) is 0 Å². The number of rotatable bonds is 6. The van der Waals surface area contributed by atoms with Gasteiger partial charge in [-0.3, -0.25) is 8.99 Å². The molecule has 2 atom stereocenters. The van der Waals surface area contributed by atoms with Crippen LogP contribution < -0.4 is 9.62 Å². The fourth-order valence-electron chi connectivity index (χ4n) is 3.06. The van der Waals surface area contributed by atoms with E-state index in [0.29, 0.717) is 13.0 Å². The van der Waals surface area contributed by atoms with Gasteiger partial charge in [0.05, 0.1) is 18.0 Å². The standard InChI is InChI=1S/C16H23N5O2S/c1-13(10-20-12-17-11-18-20)19-14(2)15-5-3-6-16(9-15)21-7-4-8-24(21,22)23/h3,5-6,9,11-14,19H,4,7-8,10H2,1-2H3/t13-,14-/m0/s1. The second-order valence-electron chi connectivity index (χ2n) is 6.24. The predicted octanol–water partition coefficient (Wildman–Crippen LogP) is 1.56. The zero-order valence-electron chi connectivity index (χ0n) is 14.0. The molecule has 1 aliphatic heterocycles. The lowest BCUT2D eigenvalue weighted by molar-refractivity contribution is 0.412. The van der Waals surface area contributed by atoms with Crippen molar-refractivity contribution < 1.29 is 8.42 Å². The van der Waals surface area contributed by atoms with Crippen LogP contribution in [0.5, 0.6) is 0 Å². The Morgan fingerprint density at radius 3 is 2.83 bits per heavy atom. The lowest BCUT2D eigenvalue weighted by Gasteiger charge is -2.22. The van der Waals surface area contributed by atoms with E-state index < -0.39 is 10.0 Å². The number of aromatic nitrogens is 3. The minimum Gasteiger partial charge on any atom is -0.306 e. The molecule has 2 aromatic rings. The highest BCUT2D eigenvalue weighted by atomic mass is 32.2. The Morgan fingerprint density at radius 1 is 1.33 bits per heavy atom. The van der Waals surface area contributed by atoms with Gasteiger partial charge in [-0.15, -0.1) is 0 Å². The molecule has 0 radical (unpaired) electrons. The maximum atomic E-state index is 12.1. The number of anilines is 1. The minimum absolute atomic E-state index is 0.105. The first-order valence-corrected chi connectivity index (χ1v) is 9.75. The Bertz CT molecular complexity index is 776. The summed E-state index contributed by atoms with van der Waals surface area (Å²) in [5.74, 6) is 0.236. The third-order valence-corrected chi connectivity index (χ3v) is 6.09. The Kier molecular flexibility index (Phi) is 4.86. The number of sulfonamides is 1. The molecule has 1 N–H and O–H groups in total. The minimum atomic E-state index is -3.15. The van der Waals surface area contributed by atoms with Crippen LogP contribution in [0.3, 0.4) is 0 Å². The number of benzene rings is 1. The molecular formula is C16H23N5O2S. The Labute approximate surface area is 142 Å². The molecule has 8 heteroatoms. The van der Waals surface area contributed by atoms with Crippen molar-refractivity contribution in [3.05, 3.63) is 42.5 Å². The Morgan fingerprint density at radius 2 is 2.17 bits per heavy atom. The van der Waals surface area contributed by atoms with Gasteiger partial charge in [0.2, 0.25) is 10.0 Å². The van der Waals surface area contributed by atoms with Crippen LogP contribution in [0.1, 0.15) is 31.9 Å². The third-order valence-electron chi connectivity index (χ3n) is 4.22. The zero-order valence-corrected chi connectivity index (χ0v) is 14.8. The summed E-state index contributed by atoms with van der Waals surface area (Å²) in [4.78, 5) is 3.94. The molecule has 0 aliphatic carbocycles. The van der Waals surface area contributed by atoms with Crippen LogP contribution in [0.2, 0.25) is 0 Å². The number of hydrogen-bond acceptors (Lipinski definition) is 5. The van der Waals surface area contributed by atoms with Gasteiger partial charge in [-0.25, -0.2) is 13.4 Å². The van der Waals surface area contributed by atoms with E-state index in [1.807, 2.05) is 24.3 Å². The molecule has 2 heterocycles. The van der Waals surface area contributed by atoms with Crippen molar-refractivity contribution in [1.82, 2.24) is 20.1 Å². The highest BCUT2D eigenvalue weighted by Gasteiger charge is 2.28. The van der Waals surface area contributed by atoms with Crippen LogP contribution >= 0.6 is 0 Å². The molecular weight excluding hydrogens is 326 g/mol. The van der Waals surface area contributed by atoms with Crippen LogP contribution in [0.25, 0.3) is 0 Å². The lowest BCUT2D eigenvalue weighted by atomic mass is 10.1. The van der Waals surface area contributed by atoms with E-state index in [9.17, 15) is 8.42 Å². The van der Waals surface area contributed by atoms with E-state index in [1.165, 1.54) is 10.6 Å². The van der Waals surface area contributed by atoms with E-state index in [2.05, 4.69) is 29.2 Å². The quantitative estimate of drug-likeness (QED) is 0.856. The summed E-state index contributed by atoms with van der Waals surface area (Å²) in [6.45, 7) is 5.46. The van der Waals surface area contributed by atoms with Gasteiger partial charge in [0.25, 0.3) is 0 Å². The van der Waals surface area contributed by atoms with Gasteiger partial charge in [0, 0.05) is 18.6 Å². The molecule has 0 bridgehead atoms. The molecule has 1 saturated heterocycles.